The number of benzene rings is 3. The molecule has 0 spiro atoms. The molecule has 1 atom stereocenters. The van der Waals surface area contributed by atoms with E-state index in [0.717, 1.165) is 26.4 Å². The molecular formula is C25H27BrN2O3. The van der Waals surface area contributed by atoms with Gasteiger partial charge in [0, 0.05) is 15.7 Å². The number of fused-ring (bicyclic) bond motifs is 1. The van der Waals surface area contributed by atoms with Gasteiger partial charge >= 0.3 is 6.09 Å². The summed E-state index contributed by atoms with van der Waals surface area (Å²) in [5.74, 6) is -0.204. The summed E-state index contributed by atoms with van der Waals surface area (Å²) in [6, 6.07) is 17.1. The van der Waals surface area contributed by atoms with Crippen LogP contribution in [-0.4, -0.2) is 17.6 Å². The predicted octanol–water partition coefficient (Wildman–Crippen LogP) is 6.75. The fourth-order valence-electron chi connectivity index (χ4n) is 3.38. The van der Waals surface area contributed by atoms with Crippen LogP contribution in [0.25, 0.3) is 10.8 Å². The Morgan fingerprint density at radius 3 is 2.35 bits per heavy atom. The molecule has 0 aromatic heterocycles. The van der Waals surface area contributed by atoms with Gasteiger partial charge in [-0.15, -0.1) is 0 Å². The molecule has 3 rings (SSSR count). The van der Waals surface area contributed by atoms with Crippen molar-refractivity contribution in [2.75, 3.05) is 5.32 Å². The Balaban J connectivity index is 1.81. The molecular weight excluding hydrogens is 456 g/mol. The molecule has 3 aromatic rings. The Morgan fingerprint density at radius 1 is 1.00 bits per heavy atom. The summed E-state index contributed by atoms with van der Waals surface area (Å²) in [4.78, 5) is 25.1. The fourth-order valence-corrected chi connectivity index (χ4v) is 3.86. The molecule has 0 bridgehead atoms. The summed E-state index contributed by atoms with van der Waals surface area (Å²) in [6.45, 7) is 9.23. The van der Waals surface area contributed by atoms with Gasteiger partial charge in [0.15, 0.2) is 0 Å². The highest BCUT2D eigenvalue weighted by atomic mass is 79.9. The van der Waals surface area contributed by atoms with Gasteiger partial charge in [-0.2, -0.15) is 0 Å². The van der Waals surface area contributed by atoms with E-state index in [1.54, 1.807) is 39.0 Å². The standard InChI is InChI=1S/C25H27BrN2O3/c1-15-10-11-17(28-24(30)31-25(3,4)5)14-21(15)23(29)27-16(2)18-12-13-22(26)20-9-7-6-8-19(18)20/h6-14,16H,1-5H3,(H,27,29)(H,28,30). The second kappa shape index (κ2) is 9.10. The second-order valence-corrected chi connectivity index (χ2v) is 9.39. The van der Waals surface area contributed by atoms with E-state index in [1.807, 2.05) is 44.2 Å². The van der Waals surface area contributed by atoms with Crippen LogP contribution >= 0.6 is 15.9 Å². The van der Waals surface area contributed by atoms with Crippen LogP contribution < -0.4 is 10.6 Å². The maximum atomic E-state index is 13.1. The van der Waals surface area contributed by atoms with Crippen LogP contribution in [0, 0.1) is 6.92 Å². The Kier molecular flexibility index (Phi) is 6.70. The van der Waals surface area contributed by atoms with Gasteiger partial charge in [-0.1, -0.05) is 52.3 Å². The lowest BCUT2D eigenvalue weighted by atomic mass is 9.99. The molecule has 0 saturated carbocycles. The van der Waals surface area contributed by atoms with Crippen LogP contribution in [0.1, 0.15) is 55.2 Å². The monoisotopic (exact) mass is 482 g/mol. The van der Waals surface area contributed by atoms with Gasteiger partial charge in [0.05, 0.1) is 6.04 Å². The van der Waals surface area contributed by atoms with E-state index in [1.165, 1.54) is 0 Å². The molecule has 6 heteroatoms. The van der Waals surface area contributed by atoms with Gasteiger partial charge in [-0.05, 0) is 74.7 Å². The molecule has 0 aliphatic carbocycles. The minimum atomic E-state index is -0.599. The third-order valence-corrected chi connectivity index (χ3v) is 5.54. The Bertz CT molecular complexity index is 1140. The zero-order valence-electron chi connectivity index (χ0n) is 18.4. The quantitative estimate of drug-likeness (QED) is 0.432. The van der Waals surface area contributed by atoms with E-state index in [4.69, 9.17) is 4.74 Å². The Morgan fingerprint density at radius 2 is 1.68 bits per heavy atom. The zero-order chi connectivity index (χ0) is 22.8. The summed E-state index contributed by atoms with van der Waals surface area (Å²) in [6.07, 6.45) is -0.558. The highest BCUT2D eigenvalue weighted by Crippen LogP contribution is 2.30. The number of carbonyl (C=O) groups excluding carboxylic acids is 2. The first kappa shape index (κ1) is 22.8. The SMILES string of the molecule is Cc1ccc(NC(=O)OC(C)(C)C)cc1C(=O)NC(C)c1ccc(Br)c2ccccc12. The van der Waals surface area contributed by atoms with E-state index in [-0.39, 0.29) is 11.9 Å². The lowest BCUT2D eigenvalue weighted by molar-refractivity contribution is 0.0635. The molecule has 0 heterocycles. The average Bonchev–Trinajstić information content (AvgIpc) is 2.68. The first-order chi connectivity index (χ1) is 14.5. The highest BCUT2D eigenvalue weighted by Gasteiger charge is 2.19. The van der Waals surface area contributed by atoms with Crippen LogP contribution in [0.4, 0.5) is 10.5 Å². The number of ether oxygens (including phenoxy) is 1. The minimum Gasteiger partial charge on any atom is -0.444 e. The number of rotatable bonds is 4. The Hall–Kier alpha value is -2.86. The number of hydrogen-bond donors (Lipinski definition) is 2. The molecule has 0 saturated heterocycles. The third-order valence-electron chi connectivity index (χ3n) is 4.85. The zero-order valence-corrected chi connectivity index (χ0v) is 20.0. The van der Waals surface area contributed by atoms with Crippen molar-refractivity contribution in [2.45, 2.75) is 46.3 Å². The van der Waals surface area contributed by atoms with E-state index in [2.05, 4.69) is 32.6 Å². The second-order valence-electron chi connectivity index (χ2n) is 8.53. The van der Waals surface area contributed by atoms with Crippen molar-refractivity contribution < 1.29 is 14.3 Å². The molecule has 0 radical (unpaired) electrons. The summed E-state index contributed by atoms with van der Waals surface area (Å²) in [5.41, 5.74) is 2.26. The predicted molar refractivity (Wildman–Crippen MR) is 129 cm³/mol. The first-order valence-corrected chi connectivity index (χ1v) is 10.9. The van der Waals surface area contributed by atoms with Crippen molar-refractivity contribution in [3.8, 4) is 0 Å². The molecule has 3 aromatic carbocycles. The van der Waals surface area contributed by atoms with E-state index in [0.29, 0.717) is 11.3 Å². The van der Waals surface area contributed by atoms with Crippen molar-refractivity contribution in [3.05, 3.63) is 75.8 Å². The average molecular weight is 483 g/mol. The maximum absolute atomic E-state index is 13.1. The van der Waals surface area contributed by atoms with E-state index < -0.39 is 11.7 Å². The van der Waals surface area contributed by atoms with Crippen LogP contribution in [0.15, 0.2) is 59.1 Å². The number of amides is 2. The number of nitrogens with one attached hydrogen (secondary N) is 2. The van der Waals surface area contributed by atoms with Crippen LogP contribution in [0.3, 0.4) is 0 Å². The molecule has 0 aliphatic rings. The minimum absolute atomic E-state index is 0.202. The number of carbonyl (C=O) groups is 2. The van der Waals surface area contributed by atoms with Crippen molar-refractivity contribution in [1.82, 2.24) is 5.32 Å². The van der Waals surface area contributed by atoms with Crippen molar-refractivity contribution in [2.24, 2.45) is 0 Å². The van der Waals surface area contributed by atoms with E-state index in [9.17, 15) is 9.59 Å². The number of anilines is 1. The van der Waals surface area contributed by atoms with Crippen LogP contribution in [0.2, 0.25) is 0 Å². The smallest absolute Gasteiger partial charge is 0.412 e. The van der Waals surface area contributed by atoms with Gasteiger partial charge in [0.25, 0.3) is 5.91 Å². The van der Waals surface area contributed by atoms with Gasteiger partial charge in [0.1, 0.15) is 5.60 Å². The molecule has 1 unspecified atom stereocenters. The van der Waals surface area contributed by atoms with Crippen molar-refractivity contribution in [3.63, 3.8) is 0 Å². The molecule has 5 nitrogen and oxygen atoms in total. The summed E-state index contributed by atoms with van der Waals surface area (Å²) in [5, 5.41) is 7.96. The largest absolute Gasteiger partial charge is 0.444 e. The lowest BCUT2D eigenvalue weighted by Crippen LogP contribution is -2.28. The summed E-state index contributed by atoms with van der Waals surface area (Å²) in [7, 11) is 0. The fraction of sp³-hybridized carbons (Fsp3) is 0.280. The van der Waals surface area contributed by atoms with Gasteiger partial charge < -0.3 is 10.1 Å². The van der Waals surface area contributed by atoms with Crippen LogP contribution in [0.5, 0.6) is 0 Å². The van der Waals surface area contributed by atoms with Gasteiger partial charge in [-0.3, -0.25) is 10.1 Å². The maximum Gasteiger partial charge on any atom is 0.412 e. The molecule has 0 aliphatic heterocycles. The Labute approximate surface area is 191 Å². The topological polar surface area (TPSA) is 67.4 Å². The molecule has 31 heavy (non-hydrogen) atoms. The van der Waals surface area contributed by atoms with Crippen LogP contribution in [-0.2, 0) is 4.74 Å². The van der Waals surface area contributed by atoms with E-state index >= 15 is 0 Å². The van der Waals surface area contributed by atoms with Crippen molar-refractivity contribution >= 4 is 44.4 Å². The van der Waals surface area contributed by atoms with Gasteiger partial charge in [0.2, 0.25) is 0 Å². The lowest BCUT2D eigenvalue weighted by Gasteiger charge is -2.20. The molecule has 0 fully saturated rings. The number of halogens is 1. The molecule has 2 N–H and O–H groups in total. The highest BCUT2D eigenvalue weighted by molar-refractivity contribution is 9.10. The number of hydrogen-bond acceptors (Lipinski definition) is 3. The number of aryl methyl sites for hydroxylation is 1. The first-order valence-electron chi connectivity index (χ1n) is 10.1. The molecule has 162 valence electrons. The van der Waals surface area contributed by atoms with Crippen molar-refractivity contribution in [1.29, 1.82) is 0 Å². The summed E-state index contributed by atoms with van der Waals surface area (Å²) < 4.78 is 6.31. The molecule has 2 amide bonds. The third kappa shape index (κ3) is 5.64. The van der Waals surface area contributed by atoms with Gasteiger partial charge in [-0.25, -0.2) is 4.79 Å². The normalized spacial score (nSPS) is 12.3. The summed E-state index contributed by atoms with van der Waals surface area (Å²) >= 11 is 3.59.